The number of benzene rings is 1. The number of piperidine rings is 1. The molecule has 24 heavy (non-hydrogen) atoms. The molecule has 2 aliphatic rings. The van der Waals surface area contributed by atoms with Gasteiger partial charge in [0.05, 0.1) is 7.11 Å². The third-order valence-electron chi connectivity index (χ3n) is 4.87. The lowest BCUT2D eigenvalue weighted by molar-refractivity contribution is -0.122. The third kappa shape index (κ3) is 4.51. The van der Waals surface area contributed by atoms with Crippen LogP contribution in [-0.2, 0) is 4.79 Å². The molecule has 0 bridgehead atoms. The molecule has 5 nitrogen and oxygen atoms in total. The van der Waals surface area contributed by atoms with Gasteiger partial charge in [-0.3, -0.25) is 9.69 Å². The SMILES string of the molecule is CCC1C=CCN1C1CCN(c2cccc(OC)c2)CC1.O=CO. The van der Waals surface area contributed by atoms with Gasteiger partial charge in [0, 0.05) is 43.5 Å². The molecule has 0 spiro atoms. The molecule has 1 atom stereocenters. The van der Waals surface area contributed by atoms with E-state index in [0.717, 1.165) is 31.4 Å². The number of nitrogens with zero attached hydrogens (tertiary/aromatic N) is 2. The van der Waals surface area contributed by atoms with Gasteiger partial charge in [0.15, 0.2) is 0 Å². The Balaban J connectivity index is 0.000000647. The molecule has 5 heteroatoms. The van der Waals surface area contributed by atoms with E-state index >= 15 is 0 Å². The quantitative estimate of drug-likeness (QED) is 0.678. The van der Waals surface area contributed by atoms with Gasteiger partial charge in [-0.2, -0.15) is 0 Å². The number of carboxylic acid groups (broad SMARTS) is 1. The molecule has 1 unspecified atom stereocenters. The second-order valence-corrected chi connectivity index (χ2v) is 6.13. The van der Waals surface area contributed by atoms with Gasteiger partial charge in [-0.1, -0.05) is 25.1 Å². The molecule has 0 radical (unpaired) electrons. The second kappa shape index (κ2) is 9.33. The number of ether oxygens (including phenoxy) is 1. The molecule has 0 aromatic heterocycles. The number of rotatable bonds is 4. The van der Waals surface area contributed by atoms with E-state index in [9.17, 15) is 0 Å². The van der Waals surface area contributed by atoms with E-state index in [-0.39, 0.29) is 6.47 Å². The smallest absolute Gasteiger partial charge is 0.290 e. The standard InChI is InChI=1S/C18H26N2O.CH2O2/c1-3-15-7-5-11-20(15)16-9-12-19(13-10-16)17-6-4-8-18(14-17)21-2;2-1-3/h4-8,14-16H,3,9-13H2,1-2H3;1H,(H,2,3). The van der Waals surface area contributed by atoms with Crippen LogP contribution < -0.4 is 9.64 Å². The zero-order valence-electron chi connectivity index (χ0n) is 14.6. The summed E-state index contributed by atoms with van der Waals surface area (Å²) in [4.78, 5) is 13.5. The highest BCUT2D eigenvalue weighted by Gasteiger charge is 2.29. The van der Waals surface area contributed by atoms with Gasteiger partial charge in [-0.15, -0.1) is 0 Å². The summed E-state index contributed by atoms with van der Waals surface area (Å²) in [5.41, 5.74) is 1.29. The topological polar surface area (TPSA) is 53.0 Å². The fourth-order valence-electron chi connectivity index (χ4n) is 3.64. The molecule has 1 aromatic carbocycles. The van der Waals surface area contributed by atoms with Crippen molar-refractivity contribution >= 4 is 12.2 Å². The summed E-state index contributed by atoms with van der Waals surface area (Å²) in [5.74, 6) is 0.949. The Morgan fingerprint density at radius 3 is 2.67 bits per heavy atom. The predicted molar refractivity (Wildman–Crippen MR) is 96.8 cm³/mol. The highest BCUT2D eigenvalue weighted by Crippen LogP contribution is 2.28. The van der Waals surface area contributed by atoms with Gasteiger partial charge >= 0.3 is 0 Å². The summed E-state index contributed by atoms with van der Waals surface area (Å²) in [7, 11) is 1.73. The zero-order chi connectivity index (χ0) is 17.4. The number of carbonyl (C=O) groups is 1. The molecule has 1 fully saturated rings. The first-order valence-corrected chi connectivity index (χ1v) is 8.62. The molecule has 132 valence electrons. The van der Waals surface area contributed by atoms with E-state index in [4.69, 9.17) is 14.6 Å². The molecule has 0 aliphatic carbocycles. The van der Waals surface area contributed by atoms with Crippen molar-refractivity contribution in [3.63, 3.8) is 0 Å². The van der Waals surface area contributed by atoms with Crippen LogP contribution in [0.15, 0.2) is 36.4 Å². The second-order valence-electron chi connectivity index (χ2n) is 6.13. The lowest BCUT2D eigenvalue weighted by atomic mass is 10.0. The van der Waals surface area contributed by atoms with Crippen molar-refractivity contribution in [3.05, 3.63) is 36.4 Å². The number of hydrogen-bond donors (Lipinski definition) is 1. The minimum Gasteiger partial charge on any atom is -0.497 e. The van der Waals surface area contributed by atoms with Gasteiger partial charge in [-0.25, -0.2) is 0 Å². The van der Waals surface area contributed by atoms with Crippen LogP contribution in [0.5, 0.6) is 5.75 Å². The van der Waals surface area contributed by atoms with E-state index in [1.165, 1.54) is 24.9 Å². The lowest BCUT2D eigenvalue weighted by Crippen LogP contribution is -2.47. The monoisotopic (exact) mass is 332 g/mol. The Morgan fingerprint density at radius 1 is 1.33 bits per heavy atom. The first-order chi connectivity index (χ1) is 11.7. The number of hydrogen-bond acceptors (Lipinski definition) is 4. The van der Waals surface area contributed by atoms with E-state index in [1.54, 1.807) is 7.11 Å². The Labute approximate surface area is 144 Å². The summed E-state index contributed by atoms with van der Waals surface area (Å²) >= 11 is 0. The molecule has 1 N–H and O–H groups in total. The van der Waals surface area contributed by atoms with Crippen LogP contribution in [0.3, 0.4) is 0 Å². The Morgan fingerprint density at radius 2 is 2.04 bits per heavy atom. The average molecular weight is 332 g/mol. The van der Waals surface area contributed by atoms with Crippen molar-refractivity contribution < 1.29 is 14.6 Å². The molecule has 0 amide bonds. The predicted octanol–water partition coefficient (Wildman–Crippen LogP) is 3.02. The van der Waals surface area contributed by atoms with Crippen LogP contribution in [0.25, 0.3) is 0 Å². The minimum absolute atomic E-state index is 0.250. The zero-order valence-corrected chi connectivity index (χ0v) is 14.6. The highest BCUT2D eigenvalue weighted by molar-refractivity contribution is 5.51. The van der Waals surface area contributed by atoms with Gasteiger partial charge < -0.3 is 14.7 Å². The van der Waals surface area contributed by atoms with Crippen LogP contribution in [0, 0.1) is 0 Å². The first kappa shape index (κ1) is 18.3. The lowest BCUT2D eigenvalue weighted by Gasteiger charge is -2.40. The Bertz CT molecular complexity index is 539. The van der Waals surface area contributed by atoms with Crippen molar-refractivity contribution in [1.82, 2.24) is 4.90 Å². The average Bonchev–Trinajstić information content (AvgIpc) is 3.11. The van der Waals surface area contributed by atoms with Crippen molar-refractivity contribution in [1.29, 1.82) is 0 Å². The summed E-state index contributed by atoms with van der Waals surface area (Å²) in [5, 5.41) is 6.89. The van der Waals surface area contributed by atoms with Crippen LogP contribution >= 0.6 is 0 Å². The van der Waals surface area contributed by atoms with E-state index in [1.807, 2.05) is 6.07 Å². The van der Waals surface area contributed by atoms with Crippen LogP contribution in [0.2, 0.25) is 0 Å². The van der Waals surface area contributed by atoms with Gasteiger partial charge in [0.25, 0.3) is 6.47 Å². The normalized spacial score (nSPS) is 21.2. The Kier molecular flexibility index (Phi) is 7.12. The number of anilines is 1. The van der Waals surface area contributed by atoms with E-state index in [0.29, 0.717) is 6.04 Å². The summed E-state index contributed by atoms with van der Waals surface area (Å²) < 4.78 is 5.33. The first-order valence-electron chi connectivity index (χ1n) is 8.62. The molecular formula is C19H28N2O3. The molecule has 1 saturated heterocycles. The van der Waals surface area contributed by atoms with Crippen LogP contribution in [0.4, 0.5) is 5.69 Å². The Hall–Kier alpha value is -2.01. The fourth-order valence-corrected chi connectivity index (χ4v) is 3.64. The maximum atomic E-state index is 8.36. The van der Waals surface area contributed by atoms with Crippen molar-refractivity contribution in [3.8, 4) is 5.75 Å². The third-order valence-corrected chi connectivity index (χ3v) is 4.87. The van der Waals surface area contributed by atoms with E-state index in [2.05, 4.69) is 47.1 Å². The van der Waals surface area contributed by atoms with Gasteiger partial charge in [0.2, 0.25) is 0 Å². The molecule has 0 saturated carbocycles. The molecular weight excluding hydrogens is 304 g/mol. The highest BCUT2D eigenvalue weighted by atomic mass is 16.5. The van der Waals surface area contributed by atoms with Crippen molar-refractivity contribution in [2.24, 2.45) is 0 Å². The molecule has 3 rings (SSSR count). The molecule has 2 heterocycles. The molecule has 1 aromatic rings. The molecule has 2 aliphatic heterocycles. The number of methoxy groups -OCH3 is 1. The maximum Gasteiger partial charge on any atom is 0.290 e. The van der Waals surface area contributed by atoms with E-state index < -0.39 is 0 Å². The van der Waals surface area contributed by atoms with Crippen LogP contribution in [-0.4, -0.2) is 55.3 Å². The van der Waals surface area contributed by atoms with Crippen LogP contribution in [0.1, 0.15) is 26.2 Å². The summed E-state index contributed by atoms with van der Waals surface area (Å²) in [6.45, 7) is 5.47. The summed E-state index contributed by atoms with van der Waals surface area (Å²) in [6, 6.07) is 9.84. The minimum atomic E-state index is -0.250. The van der Waals surface area contributed by atoms with Gasteiger partial charge in [-0.05, 0) is 31.4 Å². The largest absolute Gasteiger partial charge is 0.497 e. The maximum absolute atomic E-state index is 8.36. The van der Waals surface area contributed by atoms with Crippen molar-refractivity contribution in [2.75, 3.05) is 31.6 Å². The fraction of sp³-hybridized carbons (Fsp3) is 0.526. The van der Waals surface area contributed by atoms with Gasteiger partial charge in [0.1, 0.15) is 5.75 Å². The van der Waals surface area contributed by atoms with Crippen molar-refractivity contribution in [2.45, 2.75) is 38.3 Å². The summed E-state index contributed by atoms with van der Waals surface area (Å²) in [6.07, 6.45) is 8.47.